The Kier molecular flexibility index (Phi) is 4.56. The average Bonchev–Trinajstić information content (AvgIpc) is 3.06. The van der Waals surface area contributed by atoms with Gasteiger partial charge in [0, 0.05) is 31.6 Å². The molecule has 0 atom stereocenters. The van der Waals surface area contributed by atoms with Gasteiger partial charge in [0.1, 0.15) is 5.76 Å². The highest BCUT2D eigenvalue weighted by molar-refractivity contribution is 7.89. The molecule has 3 rings (SSSR count). The highest BCUT2D eigenvalue weighted by atomic mass is 32.2. The van der Waals surface area contributed by atoms with Gasteiger partial charge in [-0.25, -0.2) is 13.4 Å². The van der Waals surface area contributed by atoms with Gasteiger partial charge in [0.15, 0.2) is 0 Å². The van der Waals surface area contributed by atoms with Gasteiger partial charge in [0.05, 0.1) is 18.5 Å². The Bertz CT molecular complexity index is 603. The van der Waals surface area contributed by atoms with E-state index in [0.717, 1.165) is 44.0 Å². The number of sulfonamides is 1. The molecular weight excluding hydrogens is 302 g/mol. The average molecular weight is 327 g/mol. The van der Waals surface area contributed by atoms with Gasteiger partial charge < -0.3 is 4.42 Å². The maximum absolute atomic E-state index is 12.0. The molecular formula is C15H25N3O3S. The molecule has 22 heavy (non-hydrogen) atoms. The van der Waals surface area contributed by atoms with Crippen molar-refractivity contribution in [1.82, 2.24) is 14.2 Å². The smallest absolute Gasteiger partial charge is 0.214 e. The first-order chi connectivity index (χ1) is 10.5. The zero-order valence-electron chi connectivity index (χ0n) is 13.4. The highest BCUT2D eigenvalue weighted by Gasteiger charge is 2.36. The molecule has 0 spiro atoms. The van der Waals surface area contributed by atoms with E-state index in [1.165, 1.54) is 0 Å². The molecule has 2 aliphatic rings. The Morgan fingerprint density at radius 2 is 2.05 bits per heavy atom. The second kappa shape index (κ2) is 6.29. The normalized spacial score (nSPS) is 24.3. The predicted octanol–water partition coefficient (Wildman–Crippen LogP) is 1.80. The quantitative estimate of drug-likeness (QED) is 0.843. The molecule has 2 fully saturated rings. The molecule has 2 aliphatic heterocycles. The van der Waals surface area contributed by atoms with E-state index in [9.17, 15) is 8.42 Å². The maximum atomic E-state index is 12.0. The number of rotatable bonds is 4. The van der Waals surface area contributed by atoms with Crippen LogP contribution in [0.1, 0.15) is 50.7 Å². The minimum atomic E-state index is -2.99. The molecule has 3 heterocycles. The van der Waals surface area contributed by atoms with Crippen molar-refractivity contribution in [1.29, 1.82) is 0 Å². The molecule has 0 bridgehead atoms. The Labute approximate surface area is 132 Å². The summed E-state index contributed by atoms with van der Waals surface area (Å²) in [6, 6.07) is 0.180. The van der Waals surface area contributed by atoms with Gasteiger partial charge in [-0.3, -0.25) is 4.90 Å². The molecule has 1 aromatic heterocycles. The summed E-state index contributed by atoms with van der Waals surface area (Å²) in [5.74, 6) is 2.36. The van der Waals surface area contributed by atoms with Crippen molar-refractivity contribution >= 4 is 10.0 Å². The fraction of sp³-hybridized carbons (Fsp3) is 0.800. The van der Waals surface area contributed by atoms with Crippen LogP contribution in [0.25, 0.3) is 0 Å². The lowest BCUT2D eigenvalue weighted by Crippen LogP contribution is -2.45. The van der Waals surface area contributed by atoms with Crippen molar-refractivity contribution in [2.45, 2.75) is 51.6 Å². The van der Waals surface area contributed by atoms with Gasteiger partial charge in [-0.05, 0) is 19.3 Å². The highest BCUT2D eigenvalue weighted by Crippen LogP contribution is 2.25. The molecule has 0 N–H and O–H groups in total. The molecule has 0 aromatic carbocycles. The van der Waals surface area contributed by atoms with E-state index in [1.807, 2.05) is 6.20 Å². The molecule has 124 valence electrons. The third-order valence-electron chi connectivity index (χ3n) is 4.60. The summed E-state index contributed by atoms with van der Waals surface area (Å²) in [4.78, 5) is 6.64. The van der Waals surface area contributed by atoms with Crippen LogP contribution in [0.15, 0.2) is 10.6 Å². The van der Waals surface area contributed by atoms with Crippen molar-refractivity contribution in [3.05, 3.63) is 17.8 Å². The lowest BCUT2D eigenvalue weighted by molar-refractivity contribution is 0.146. The van der Waals surface area contributed by atoms with Crippen LogP contribution in [0.4, 0.5) is 0 Å². The zero-order valence-corrected chi connectivity index (χ0v) is 14.2. The van der Waals surface area contributed by atoms with E-state index in [4.69, 9.17) is 4.42 Å². The Morgan fingerprint density at radius 1 is 1.32 bits per heavy atom. The fourth-order valence-electron chi connectivity index (χ4n) is 3.29. The van der Waals surface area contributed by atoms with Gasteiger partial charge in [0.2, 0.25) is 15.9 Å². The van der Waals surface area contributed by atoms with Crippen molar-refractivity contribution < 1.29 is 12.8 Å². The maximum Gasteiger partial charge on any atom is 0.214 e. The Morgan fingerprint density at radius 3 is 2.59 bits per heavy atom. The Balaban J connectivity index is 1.53. The topological polar surface area (TPSA) is 66.7 Å². The first-order valence-corrected chi connectivity index (χ1v) is 9.73. The van der Waals surface area contributed by atoms with E-state index in [1.54, 1.807) is 4.31 Å². The van der Waals surface area contributed by atoms with Crippen LogP contribution in [-0.2, 0) is 16.6 Å². The number of hydrogen-bond donors (Lipinski definition) is 0. The lowest BCUT2D eigenvalue weighted by atomic mass is 10.1. The van der Waals surface area contributed by atoms with Gasteiger partial charge in [-0.1, -0.05) is 13.8 Å². The fourth-order valence-corrected chi connectivity index (χ4v) is 5.09. The van der Waals surface area contributed by atoms with Crippen LogP contribution < -0.4 is 0 Å². The van der Waals surface area contributed by atoms with Crippen LogP contribution in [0.3, 0.4) is 0 Å². The second-order valence-corrected chi connectivity index (χ2v) is 8.64. The summed E-state index contributed by atoms with van der Waals surface area (Å²) in [5, 5.41) is 0. The largest absolute Gasteiger partial charge is 0.444 e. The van der Waals surface area contributed by atoms with Crippen LogP contribution >= 0.6 is 0 Å². The number of oxazole rings is 1. The van der Waals surface area contributed by atoms with Crippen molar-refractivity contribution in [2.75, 3.05) is 25.4 Å². The summed E-state index contributed by atoms with van der Waals surface area (Å²) in [5.41, 5.74) is 0. The van der Waals surface area contributed by atoms with E-state index in [0.29, 0.717) is 24.8 Å². The van der Waals surface area contributed by atoms with Gasteiger partial charge in [0.25, 0.3) is 0 Å². The van der Waals surface area contributed by atoms with E-state index >= 15 is 0 Å². The molecule has 0 unspecified atom stereocenters. The van der Waals surface area contributed by atoms with Crippen LogP contribution in [0, 0.1) is 0 Å². The summed E-state index contributed by atoms with van der Waals surface area (Å²) in [6.45, 7) is 7.39. The van der Waals surface area contributed by atoms with Crippen LogP contribution in [0.5, 0.6) is 0 Å². The van der Waals surface area contributed by atoms with Crippen molar-refractivity contribution in [3.8, 4) is 0 Å². The Hall–Kier alpha value is -0.920. The van der Waals surface area contributed by atoms with E-state index in [2.05, 4.69) is 23.7 Å². The predicted molar refractivity (Wildman–Crippen MR) is 84.0 cm³/mol. The summed E-state index contributed by atoms with van der Waals surface area (Å²) in [6.07, 6.45) is 4.38. The molecule has 7 heteroatoms. The molecule has 0 saturated carbocycles. The minimum absolute atomic E-state index is 0.180. The lowest BCUT2D eigenvalue weighted by Gasteiger charge is -2.35. The third kappa shape index (κ3) is 3.36. The monoisotopic (exact) mass is 327 g/mol. The molecule has 0 radical (unpaired) electrons. The first-order valence-electron chi connectivity index (χ1n) is 8.12. The molecule has 2 saturated heterocycles. The molecule has 0 amide bonds. The minimum Gasteiger partial charge on any atom is -0.444 e. The van der Waals surface area contributed by atoms with Gasteiger partial charge >= 0.3 is 0 Å². The molecule has 1 aromatic rings. The van der Waals surface area contributed by atoms with Gasteiger partial charge in [-0.2, -0.15) is 4.31 Å². The van der Waals surface area contributed by atoms with E-state index < -0.39 is 10.0 Å². The second-order valence-electron chi connectivity index (χ2n) is 6.60. The summed E-state index contributed by atoms with van der Waals surface area (Å²) < 4.78 is 31.5. The van der Waals surface area contributed by atoms with Crippen LogP contribution in [0.2, 0.25) is 0 Å². The number of nitrogens with zero attached hydrogens (tertiary/aromatic N) is 3. The third-order valence-corrected chi connectivity index (χ3v) is 6.60. The van der Waals surface area contributed by atoms with Crippen LogP contribution in [-0.4, -0.2) is 54.0 Å². The SMILES string of the molecule is CC(C)c1cnc(CN2CCC(N3CCCS3(=O)=O)CC2)o1. The molecule has 0 aliphatic carbocycles. The van der Waals surface area contributed by atoms with Crippen molar-refractivity contribution in [2.24, 2.45) is 0 Å². The van der Waals surface area contributed by atoms with Crippen molar-refractivity contribution in [3.63, 3.8) is 0 Å². The van der Waals surface area contributed by atoms with Gasteiger partial charge in [-0.15, -0.1) is 0 Å². The van der Waals surface area contributed by atoms with E-state index in [-0.39, 0.29) is 6.04 Å². The first kappa shape index (κ1) is 16.0. The summed E-state index contributed by atoms with van der Waals surface area (Å²) in [7, 11) is -2.99. The number of hydrogen-bond acceptors (Lipinski definition) is 5. The number of aromatic nitrogens is 1. The summed E-state index contributed by atoms with van der Waals surface area (Å²) >= 11 is 0. The standard InChI is InChI=1S/C15H25N3O3S/c1-12(2)14-10-16-15(21-14)11-17-7-4-13(5-8-17)18-6-3-9-22(18,19)20/h10,12-13H,3-9,11H2,1-2H3. The molecule has 6 nitrogen and oxygen atoms in total. The zero-order chi connectivity index (χ0) is 15.7. The number of likely N-dealkylation sites (tertiary alicyclic amines) is 1. The number of piperidine rings is 1.